The Morgan fingerprint density at radius 3 is 2.41 bits per heavy atom. The number of amides is 1. The third kappa shape index (κ3) is 2.79. The van der Waals surface area contributed by atoms with Crippen molar-refractivity contribution < 1.29 is 4.79 Å². The van der Waals surface area contributed by atoms with E-state index in [0.717, 1.165) is 9.79 Å². The summed E-state index contributed by atoms with van der Waals surface area (Å²) in [4.78, 5) is 13.2. The number of nitrogen functional groups attached to an aromatic ring is 1. The largest absolute Gasteiger partial charge is 0.399 e. The van der Waals surface area contributed by atoms with Gasteiger partial charge in [-0.1, -0.05) is 30.0 Å². The summed E-state index contributed by atoms with van der Waals surface area (Å²) in [5.74, 6) is -0.462. The summed E-state index contributed by atoms with van der Waals surface area (Å²) < 4.78 is 0. The van der Waals surface area contributed by atoms with Crippen molar-refractivity contribution >= 4 is 23.4 Å². The maximum absolute atomic E-state index is 11.3. The van der Waals surface area contributed by atoms with Gasteiger partial charge in [0.25, 0.3) is 0 Å². The predicted molar refractivity (Wildman–Crippen MR) is 69.9 cm³/mol. The quantitative estimate of drug-likeness (QED) is 0.815. The number of carbonyl (C=O) groups excluding carboxylic acids is 1. The molecule has 0 bridgehead atoms. The number of nitrogens with two attached hydrogens (primary N) is 2. The molecule has 0 atom stereocenters. The van der Waals surface area contributed by atoms with Gasteiger partial charge >= 0.3 is 0 Å². The maximum atomic E-state index is 11.3. The van der Waals surface area contributed by atoms with E-state index in [9.17, 15) is 4.79 Å². The van der Waals surface area contributed by atoms with Gasteiger partial charge in [-0.15, -0.1) is 0 Å². The minimum atomic E-state index is -0.462. The third-order valence-electron chi connectivity index (χ3n) is 2.24. The second-order valence-corrected chi connectivity index (χ2v) is 4.65. The molecule has 0 aliphatic heterocycles. The summed E-state index contributed by atoms with van der Waals surface area (Å²) >= 11 is 1.49. The lowest BCUT2D eigenvalue weighted by molar-refractivity contribution is 0.0997. The van der Waals surface area contributed by atoms with Crippen LogP contribution in [-0.4, -0.2) is 5.91 Å². The molecule has 0 aromatic heterocycles. The Kier molecular flexibility index (Phi) is 3.35. The van der Waals surface area contributed by atoms with Crippen LogP contribution < -0.4 is 11.5 Å². The Hall–Kier alpha value is -1.94. The molecule has 3 nitrogen and oxygen atoms in total. The van der Waals surface area contributed by atoms with Crippen LogP contribution >= 0.6 is 11.8 Å². The molecule has 0 saturated heterocycles. The number of rotatable bonds is 3. The fourth-order valence-corrected chi connectivity index (χ4v) is 2.40. The van der Waals surface area contributed by atoms with E-state index < -0.39 is 5.91 Å². The fraction of sp³-hybridized carbons (Fsp3) is 0. The van der Waals surface area contributed by atoms with Crippen molar-refractivity contribution in [1.29, 1.82) is 0 Å². The SMILES string of the molecule is NC(=O)c1cc(N)ccc1Sc1ccccc1. The molecular formula is C13H12N2OS. The minimum absolute atomic E-state index is 0.457. The molecule has 0 heterocycles. The van der Waals surface area contributed by atoms with Gasteiger partial charge in [-0.2, -0.15) is 0 Å². The van der Waals surface area contributed by atoms with Crippen LogP contribution in [0.3, 0.4) is 0 Å². The van der Waals surface area contributed by atoms with E-state index in [1.54, 1.807) is 12.1 Å². The second-order valence-electron chi connectivity index (χ2n) is 3.53. The van der Waals surface area contributed by atoms with E-state index in [1.165, 1.54) is 11.8 Å². The van der Waals surface area contributed by atoms with Crippen LogP contribution in [0.2, 0.25) is 0 Å². The highest BCUT2D eigenvalue weighted by molar-refractivity contribution is 7.99. The van der Waals surface area contributed by atoms with E-state index in [1.807, 2.05) is 36.4 Å². The first-order chi connectivity index (χ1) is 8.16. The monoisotopic (exact) mass is 244 g/mol. The molecule has 0 unspecified atom stereocenters. The third-order valence-corrected chi connectivity index (χ3v) is 3.32. The molecule has 4 N–H and O–H groups in total. The molecule has 0 fully saturated rings. The number of anilines is 1. The fourth-order valence-electron chi connectivity index (χ4n) is 1.44. The molecule has 1 amide bonds. The van der Waals surface area contributed by atoms with Crippen molar-refractivity contribution in [2.75, 3.05) is 5.73 Å². The Morgan fingerprint density at radius 2 is 1.76 bits per heavy atom. The van der Waals surface area contributed by atoms with Gasteiger partial charge < -0.3 is 11.5 Å². The zero-order valence-corrected chi connectivity index (χ0v) is 9.91. The van der Waals surface area contributed by atoms with Crippen molar-refractivity contribution in [3.63, 3.8) is 0 Å². The first kappa shape index (κ1) is 11.5. The second kappa shape index (κ2) is 4.93. The number of carbonyl (C=O) groups is 1. The lowest BCUT2D eigenvalue weighted by atomic mass is 10.2. The first-order valence-electron chi connectivity index (χ1n) is 5.09. The van der Waals surface area contributed by atoms with E-state index in [2.05, 4.69) is 0 Å². The van der Waals surface area contributed by atoms with Gasteiger partial charge in [-0.05, 0) is 30.3 Å². The Bertz CT molecular complexity index is 540. The molecule has 0 spiro atoms. The summed E-state index contributed by atoms with van der Waals surface area (Å²) in [6.45, 7) is 0. The lowest BCUT2D eigenvalue weighted by Gasteiger charge is -2.07. The van der Waals surface area contributed by atoms with Crippen LogP contribution in [0, 0.1) is 0 Å². The van der Waals surface area contributed by atoms with E-state index in [4.69, 9.17) is 11.5 Å². The summed E-state index contributed by atoms with van der Waals surface area (Å²) in [5, 5.41) is 0. The van der Waals surface area contributed by atoms with Crippen molar-refractivity contribution in [2.24, 2.45) is 5.73 Å². The summed E-state index contributed by atoms with van der Waals surface area (Å²) in [6.07, 6.45) is 0. The molecule has 0 aliphatic rings. The zero-order chi connectivity index (χ0) is 12.3. The van der Waals surface area contributed by atoms with Gasteiger partial charge in [0, 0.05) is 15.5 Å². The summed E-state index contributed by atoms with van der Waals surface area (Å²) in [6, 6.07) is 15.0. The molecule has 2 aromatic rings. The van der Waals surface area contributed by atoms with Gasteiger partial charge in [-0.3, -0.25) is 4.79 Å². The van der Waals surface area contributed by atoms with Crippen molar-refractivity contribution in [1.82, 2.24) is 0 Å². The van der Waals surface area contributed by atoms with Crippen LogP contribution in [0.4, 0.5) is 5.69 Å². The van der Waals surface area contributed by atoms with E-state index in [-0.39, 0.29) is 0 Å². The van der Waals surface area contributed by atoms with Crippen molar-refractivity contribution in [3.8, 4) is 0 Å². The normalized spacial score (nSPS) is 10.1. The average Bonchev–Trinajstić information content (AvgIpc) is 2.32. The van der Waals surface area contributed by atoms with Gasteiger partial charge in [0.1, 0.15) is 0 Å². The van der Waals surface area contributed by atoms with E-state index in [0.29, 0.717) is 11.3 Å². The van der Waals surface area contributed by atoms with Gasteiger partial charge in [0.15, 0.2) is 0 Å². The molecule has 0 aliphatic carbocycles. The van der Waals surface area contributed by atoms with Crippen molar-refractivity contribution in [3.05, 3.63) is 54.1 Å². The molecule has 86 valence electrons. The van der Waals surface area contributed by atoms with E-state index >= 15 is 0 Å². The first-order valence-corrected chi connectivity index (χ1v) is 5.90. The van der Waals surface area contributed by atoms with Gasteiger partial charge in [-0.25, -0.2) is 0 Å². The standard InChI is InChI=1S/C13H12N2OS/c14-9-6-7-12(11(8-9)13(15)16)17-10-4-2-1-3-5-10/h1-8H,14H2,(H2,15,16). The summed E-state index contributed by atoms with van der Waals surface area (Å²) in [5.41, 5.74) is 12.0. The smallest absolute Gasteiger partial charge is 0.249 e. The van der Waals surface area contributed by atoms with Crippen LogP contribution in [0.1, 0.15) is 10.4 Å². The number of primary amides is 1. The Balaban J connectivity index is 2.36. The predicted octanol–water partition coefficient (Wildman–Crippen LogP) is 2.52. The molecule has 17 heavy (non-hydrogen) atoms. The molecule has 2 aromatic carbocycles. The topological polar surface area (TPSA) is 69.1 Å². The van der Waals surface area contributed by atoms with Gasteiger partial charge in [0.2, 0.25) is 5.91 Å². The van der Waals surface area contributed by atoms with Gasteiger partial charge in [0.05, 0.1) is 5.56 Å². The highest BCUT2D eigenvalue weighted by Crippen LogP contribution is 2.31. The summed E-state index contributed by atoms with van der Waals surface area (Å²) in [7, 11) is 0. The Morgan fingerprint density at radius 1 is 1.06 bits per heavy atom. The number of hydrogen-bond donors (Lipinski definition) is 2. The number of hydrogen-bond acceptors (Lipinski definition) is 3. The average molecular weight is 244 g/mol. The van der Waals surface area contributed by atoms with Crippen LogP contribution in [0.15, 0.2) is 58.3 Å². The van der Waals surface area contributed by atoms with Crippen LogP contribution in [0.5, 0.6) is 0 Å². The molecule has 4 heteroatoms. The highest BCUT2D eigenvalue weighted by Gasteiger charge is 2.09. The lowest BCUT2D eigenvalue weighted by Crippen LogP contribution is -2.12. The minimum Gasteiger partial charge on any atom is -0.399 e. The number of benzene rings is 2. The molecule has 0 saturated carbocycles. The zero-order valence-electron chi connectivity index (χ0n) is 9.09. The van der Waals surface area contributed by atoms with Crippen LogP contribution in [0.25, 0.3) is 0 Å². The Labute approximate surface area is 104 Å². The maximum Gasteiger partial charge on any atom is 0.249 e. The molecular weight excluding hydrogens is 232 g/mol. The van der Waals surface area contributed by atoms with Crippen molar-refractivity contribution in [2.45, 2.75) is 9.79 Å². The highest BCUT2D eigenvalue weighted by atomic mass is 32.2. The molecule has 2 rings (SSSR count). The van der Waals surface area contributed by atoms with Crippen LogP contribution in [-0.2, 0) is 0 Å². The molecule has 0 radical (unpaired) electrons.